The summed E-state index contributed by atoms with van der Waals surface area (Å²) >= 11 is 0. The Morgan fingerprint density at radius 2 is 2.00 bits per heavy atom. The maximum atomic E-state index is 12.9. The SMILES string of the molecule is CC(C)CN1C[C@H](n2cnnn2)C[C@H]1C(=O)NC1CCCCCC1. The lowest BCUT2D eigenvalue weighted by atomic mass is 10.1. The topological polar surface area (TPSA) is 75.9 Å². The number of amides is 1. The molecule has 1 saturated heterocycles. The first-order chi connectivity index (χ1) is 11.6. The van der Waals surface area contributed by atoms with Crippen LogP contribution < -0.4 is 5.32 Å². The molecule has 2 atom stereocenters. The lowest BCUT2D eigenvalue weighted by Gasteiger charge is -2.27. The van der Waals surface area contributed by atoms with Crippen molar-refractivity contribution in [1.82, 2.24) is 30.4 Å². The number of tetrazole rings is 1. The Bertz CT molecular complexity index is 509. The Balaban J connectivity index is 1.64. The minimum Gasteiger partial charge on any atom is -0.352 e. The average Bonchev–Trinajstić information content (AvgIpc) is 3.13. The zero-order chi connectivity index (χ0) is 16.9. The predicted octanol–water partition coefficient (Wildman–Crippen LogP) is 1.78. The fourth-order valence-electron chi connectivity index (χ4n) is 4.07. The van der Waals surface area contributed by atoms with Crippen LogP contribution in [0.25, 0.3) is 0 Å². The van der Waals surface area contributed by atoms with Gasteiger partial charge in [-0.3, -0.25) is 9.69 Å². The van der Waals surface area contributed by atoms with Crippen molar-refractivity contribution in [1.29, 1.82) is 0 Å². The summed E-state index contributed by atoms with van der Waals surface area (Å²) in [5.74, 6) is 0.726. The van der Waals surface area contributed by atoms with E-state index in [1.165, 1.54) is 25.7 Å². The smallest absolute Gasteiger partial charge is 0.237 e. The van der Waals surface area contributed by atoms with E-state index in [1.54, 1.807) is 11.0 Å². The van der Waals surface area contributed by atoms with Gasteiger partial charge in [-0.2, -0.15) is 0 Å². The summed E-state index contributed by atoms with van der Waals surface area (Å²) in [6.45, 7) is 6.17. The molecule has 0 aromatic carbocycles. The van der Waals surface area contributed by atoms with E-state index < -0.39 is 0 Å². The molecule has 3 rings (SSSR count). The van der Waals surface area contributed by atoms with Crippen LogP contribution in [0.3, 0.4) is 0 Å². The van der Waals surface area contributed by atoms with Crippen LogP contribution in [0, 0.1) is 5.92 Å². The van der Waals surface area contributed by atoms with Crippen molar-refractivity contribution in [3.63, 3.8) is 0 Å². The molecule has 1 aromatic heterocycles. The molecule has 1 N–H and O–H groups in total. The van der Waals surface area contributed by atoms with Crippen LogP contribution in [-0.2, 0) is 4.79 Å². The highest BCUT2D eigenvalue weighted by molar-refractivity contribution is 5.82. The van der Waals surface area contributed by atoms with Gasteiger partial charge in [0, 0.05) is 19.1 Å². The first-order valence-electron chi connectivity index (χ1n) is 9.40. The van der Waals surface area contributed by atoms with E-state index in [-0.39, 0.29) is 18.0 Å². The van der Waals surface area contributed by atoms with Crippen molar-refractivity contribution < 1.29 is 4.79 Å². The van der Waals surface area contributed by atoms with E-state index in [0.717, 1.165) is 32.4 Å². The number of likely N-dealkylation sites (tertiary alicyclic amines) is 1. The van der Waals surface area contributed by atoms with Crippen molar-refractivity contribution >= 4 is 5.91 Å². The number of carbonyl (C=O) groups is 1. The number of rotatable bonds is 5. The highest BCUT2D eigenvalue weighted by Gasteiger charge is 2.38. The molecular formula is C17H30N6O. The number of carbonyl (C=O) groups excluding carboxylic acids is 1. The van der Waals surface area contributed by atoms with Crippen LogP contribution >= 0.6 is 0 Å². The van der Waals surface area contributed by atoms with Gasteiger partial charge in [0.1, 0.15) is 6.33 Å². The van der Waals surface area contributed by atoms with E-state index in [1.807, 2.05) is 0 Å². The Morgan fingerprint density at radius 1 is 1.25 bits per heavy atom. The van der Waals surface area contributed by atoms with Crippen molar-refractivity contribution in [2.45, 2.75) is 76.9 Å². The van der Waals surface area contributed by atoms with Gasteiger partial charge in [0.15, 0.2) is 0 Å². The monoisotopic (exact) mass is 334 g/mol. The Hall–Kier alpha value is -1.50. The maximum absolute atomic E-state index is 12.9. The standard InChI is InChI=1S/C17H30N6O/c1-13(2)10-22-11-15(23-12-18-20-21-23)9-16(22)17(24)19-14-7-5-3-4-6-8-14/h12-16H,3-11H2,1-2H3,(H,19,24)/t15-,16+/m1/s1. The van der Waals surface area contributed by atoms with Crippen molar-refractivity contribution in [3.05, 3.63) is 6.33 Å². The van der Waals surface area contributed by atoms with Crippen molar-refractivity contribution in [3.8, 4) is 0 Å². The summed E-state index contributed by atoms with van der Waals surface area (Å²) in [5, 5.41) is 14.8. The lowest BCUT2D eigenvalue weighted by molar-refractivity contribution is -0.126. The molecule has 0 bridgehead atoms. The number of nitrogens with zero attached hydrogens (tertiary/aromatic N) is 5. The van der Waals surface area contributed by atoms with Crippen LogP contribution in [0.5, 0.6) is 0 Å². The van der Waals surface area contributed by atoms with Crippen LogP contribution in [-0.4, -0.2) is 56.2 Å². The van der Waals surface area contributed by atoms with Gasteiger partial charge in [0.25, 0.3) is 0 Å². The lowest BCUT2D eigenvalue weighted by Crippen LogP contribution is -2.47. The molecule has 0 spiro atoms. The third kappa shape index (κ3) is 4.32. The summed E-state index contributed by atoms with van der Waals surface area (Å²) in [6, 6.07) is 0.474. The molecule has 1 aliphatic heterocycles. The van der Waals surface area contributed by atoms with Gasteiger partial charge in [0.05, 0.1) is 12.1 Å². The molecule has 1 amide bonds. The van der Waals surface area contributed by atoms with Gasteiger partial charge in [-0.1, -0.05) is 39.5 Å². The minimum atomic E-state index is -0.0650. The Labute approximate surface area is 144 Å². The average molecular weight is 334 g/mol. The van der Waals surface area contributed by atoms with Crippen molar-refractivity contribution in [2.75, 3.05) is 13.1 Å². The molecule has 0 unspecified atom stereocenters. The maximum Gasteiger partial charge on any atom is 0.237 e. The predicted molar refractivity (Wildman–Crippen MR) is 91.3 cm³/mol. The Morgan fingerprint density at radius 3 is 2.62 bits per heavy atom. The molecule has 1 saturated carbocycles. The van der Waals surface area contributed by atoms with E-state index in [9.17, 15) is 4.79 Å². The molecule has 134 valence electrons. The number of hydrogen-bond acceptors (Lipinski definition) is 5. The number of nitrogens with one attached hydrogen (secondary N) is 1. The van der Waals surface area contributed by atoms with E-state index in [4.69, 9.17) is 0 Å². The summed E-state index contributed by atoms with van der Waals surface area (Å²) in [4.78, 5) is 15.2. The molecule has 7 heteroatoms. The van der Waals surface area contributed by atoms with Crippen molar-refractivity contribution in [2.24, 2.45) is 5.92 Å². The Kier molecular flexibility index (Phi) is 5.81. The molecule has 2 fully saturated rings. The highest BCUT2D eigenvalue weighted by atomic mass is 16.2. The first kappa shape index (κ1) is 17.3. The minimum absolute atomic E-state index is 0.0650. The molecule has 2 heterocycles. The second-order valence-corrected chi connectivity index (χ2v) is 7.74. The van der Waals surface area contributed by atoms with E-state index in [0.29, 0.717) is 12.0 Å². The zero-order valence-corrected chi connectivity index (χ0v) is 14.9. The molecule has 24 heavy (non-hydrogen) atoms. The van der Waals surface area contributed by atoms with Crippen LogP contribution in [0.1, 0.15) is 64.8 Å². The normalized spacial score (nSPS) is 26.6. The molecular weight excluding hydrogens is 304 g/mol. The fraction of sp³-hybridized carbons (Fsp3) is 0.882. The second-order valence-electron chi connectivity index (χ2n) is 7.74. The zero-order valence-electron chi connectivity index (χ0n) is 14.9. The summed E-state index contributed by atoms with van der Waals surface area (Å²) in [7, 11) is 0. The highest BCUT2D eigenvalue weighted by Crippen LogP contribution is 2.28. The van der Waals surface area contributed by atoms with E-state index in [2.05, 4.69) is 39.6 Å². The largest absolute Gasteiger partial charge is 0.352 e. The van der Waals surface area contributed by atoms with Gasteiger partial charge in [0.2, 0.25) is 5.91 Å². The van der Waals surface area contributed by atoms with Crippen LogP contribution in [0.2, 0.25) is 0 Å². The fourth-order valence-corrected chi connectivity index (χ4v) is 4.07. The third-order valence-corrected chi connectivity index (χ3v) is 5.22. The van der Waals surface area contributed by atoms with Crippen LogP contribution in [0.4, 0.5) is 0 Å². The molecule has 0 radical (unpaired) electrons. The number of aromatic nitrogens is 4. The summed E-state index contributed by atoms with van der Waals surface area (Å²) < 4.78 is 1.80. The third-order valence-electron chi connectivity index (χ3n) is 5.22. The van der Waals surface area contributed by atoms with Gasteiger partial charge in [-0.25, -0.2) is 4.68 Å². The van der Waals surface area contributed by atoms with Gasteiger partial charge < -0.3 is 5.32 Å². The first-order valence-corrected chi connectivity index (χ1v) is 9.40. The van der Waals surface area contributed by atoms with Gasteiger partial charge >= 0.3 is 0 Å². The molecule has 2 aliphatic rings. The van der Waals surface area contributed by atoms with Crippen LogP contribution in [0.15, 0.2) is 6.33 Å². The number of hydrogen-bond donors (Lipinski definition) is 1. The summed E-state index contributed by atoms with van der Waals surface area (Å²) in [5.41, 5.74) is 0. The second kappa shape index (κ2) is 8.05. The van der Waals surface area contributed by atoms with Gasteiger partial charge in [-0.15, -0.1) is 5.10 Å². The molecule has 1 aromatic rings. The van der Waals surface area contributed by atoms with Gasteiger partial charge in [-0.05, 0) is 35.6 Å². The quantitative estimate of drug-likeness (QED) is 0.831. The summed E-state index contributed by atoms with van der Waals surface area (Å²) in [6.07, 6.45) is 9.77. The molecule has 7 nitrogen and oxygen atoms in total. The molecule has 1 aliphatic carbocycles. The van der Waals surface area contributed by atoms with E-state index >= 15 is 0 Å².